The fourth-order valence-electron chi connectivity index (χ4n) is 3.38. The van der Waals surface area contributed by atoms with Gasteiger partial charge in [0.1, 0.15) is 5.75 Å². The molecule has 3 aromatic rings. The quantitative estimate of drug-likeness (QED) is 0.377. The van der Waals surface area contributed by atoms with Crippen molar-refractivity contribution in [1.29, 1.82) is 0 Å². The summed E-state index contributed by atoms with van der Waals surface area (Å²) < 4.78 is 5.26. The van der Waals surface area contributed by atoms with E-state index in [0.29, 0.717) is 11.5 Å². The van der Waals surface area contributed by atoms with Gasteiger partial charge in [-0.1, -0.05) is 55.8 Å². The Bertz CT molecular complexity index is 964. The molecule has 0 fully saturated rings. The zero-order chi connectivity index (χ0) is 22.2. The minimum absolute atomic E-state index is 0.0322. The Morgan fingerprint density at radius 3 is 2.16 bits per heavy atom. The van der Waals surface area contributed by atoms with E-state index in [4.69, 9.17) is 4.74 Å². The van der Waals surface area contributed by atoms with Crippen LogP contribution < -0.4 is 10.1 Å². The molecule has 0 bridgehead atoms. The number of rotatable bonds is 9. The molecule has 1 amide bonds. The minimum Gasteiger partial charge on any atom is -0.497 e. The molecular formula is C27H31NO2S. The number of carbonyl (C=O) groups excluding carboxylic acids is 1. The molecule has 0 heterocycles. The van der Waals surface area contributed by atoms with Crippen LogP contribution in [0.1, 0.15) is 53.4 Å². The lowest BCUT2D eigenvalue weighted by atomic mass is 9.96. The zero-order valence-electron chi connectivity index (χ0n) is 18.7. The van der Waals surface area contributed by atoms with Crippen LogP contribution in [0.4, 0.5) is 0 Å². The maximum atomic E-state index is 12.9. The molecule has 0 radical (unpaired) electrons. The smallest absolute Gasteiger partial charge is 0.251 e. The van der Waals surface area contributed by atoms with Gasteiger partial charge in [-0.05, 0) is 66.8 Å². The molecule has 3 aromatic carbocycles. The second-order valence-corrected chi connectivity index (χ2v) is 9.28. The number of hydrogen-bond donors (Lipinski definition) is 1. The topological polar surface area (TPSA) is 38.3 Å². The second kappa shape index (κ2) is 11.1. The third-order valence-corrected chi connectivity index (χ3v) is 6.26. The summed E-state index contributed by atoms with van der Waals surface area (Å²) in [7, 11) is 1.66. The average Bonchev–Trinajstić information content (AvgIpc) is 2.78. The monoisotopic (exact) mass is 433 g/mol. The van der Waals surface area contributed by atoms with Gasteiger partial charge in [0.25, 0.3) is 5.91 Å². The average molecular weight is 434 g/mol. The highest BCUT2D eigenvalue weighted by atomic mass is 32.2. The van der Waals surface area contributed by atoms with Crippen molar-refractivity contribution in [2.45, 2.75) is 43.9 Å². The SMILES string of the molecule is COc1ccc([C@@H](CC(C)C)NC(=O)c2ccc(CSc3ccc(C)cc3)cc2)cc1. The first-order chi connectivity index (χ1) is 14.9. The predicted octanol–water partition coefficient (Wildman–Crippen LogP) is 6.81. The Balaban J connectivity index is 1.63. The molecule has 0 aliphatic rings. The normalized spacial score (nSPS) is 11.9. The van der Waals surface area contributed by atoms with E-state index < -0.39 is 0 Å². The number of nitrogens with one attached hydrogen (secondary N) is 1. The fraction of sp³-hybridized carbons (Fsp3) is 0.296. The van der Waals surface area contributed by atoms with Crippen LogP contribution in [0.15, 0.2) is 77.7 Å². The fourth-order valence-corrected chi connectivity index (χ4v) is 4.24. The molecule has 0 saturated heterocycles. The molecule has 1 N–H and O–H groups in total. The Morgan fingerprint density at radius 2 is 1.58 bits per heavy atom. The van der Waals surface area contributed by atoms with Gasteiger partial charge in [0.2, 0.25) is 0 Å². The highest BCUT2D eigenvalue weighted by molar-refractivity contribution is 7.98. The van der Waals surface area contributed by atoms with E-state index in [0.717, 1.165) is 23.5 Å². The highest BCUT2D eigenvalue weighted by Gasteiger charge is 2.17. The maximum Gasteiger partial charge on any atom is 0.251 e. The molecule has 31 heavy (non-hydrogen) atoms. The van der Waals surface area contributed by atoms with E-state index >= 15 is 0 Å². The molecule has 0 aliphatic heterocycles. The summed E-state index contributed by atoms with van der Waals surface area (Å²) in [5.41, 5.74) is 4.25. The number of hydrogen-bond acceptors (Lipinski definition) is 3. The molecule has 4 heteroatoms. The van der Waals surface area contributed by atoms with Crippen LogP contribution >= 0.6 is 11.8 Å². The van der Waals surface area contributed by atoms with Crippen molar-refractivity contribution in [2.24, 2.45) is 5.92 Å². The third-order valence-electron chi connectivity index (χ3n) is 5.17. The maximum absolute atomic E-state index is 12.9. The van der Waals surface area contributed by atoms with E-state index in [9.17, 15) is 4.79 Å². The van der Waals surface area contributed by atoms with Crippen molar-refractivity contribution in [2.75, 3.05) is 7.11 Å². The van der Waals surface area contributed by atoms with Crippen LogP contribution in [0.5, 0.6) is 5.75 Å². The van der Waals surface area contributed by atoms with Gasteiger partial charge in [-0.2, -0.15) is 0 Å². The van der Waals surface area contributed by atoms with E-state index in [1.54, 1.807) is 18.9 Å². The van der Waals surface area contributed by atoms with Gasteiger partial charge in [0, 0.05) is 16.2 Å². The molecule has 0 saturated carbocycles. The molecular weight excluding hydrogens is 402 g/mol. The van der Waals surface area contributed by atoms with Crippen LogP contribution in [0.2, 0.25) is 0 Å². The summed E-state index contributed by atoms with van der Waals surface area (Å²) in [5.74, 6) is 2.12. The highest BCUT2D eigenvalue weighted by Crippen LogP contribution is 2.25. The number of aryl methyl sites for hydroxylation is 1. The Kier molecular flexibility index (Phi) is 8.19. The lowest BCUT2D eigenvalue weighted by Gasteiger charge is -2.21. The van der Waals surface area contributed by atoms with Crippen molar-refractivity contribution in [3.8, 4) is 5.75 Å². The van der Waals surface area contributed by atoms with Gasteiger partial charge in [-0.25, -0.2) is 0 Å². The van der Waals surface area contributed by atoms with Crippen molar-refractivity contribution in [3.63, 3.8) is 0 Å². The number of ether oxygens (including phenoxy) is 1. The van der Waals surface area contributed by atoms with Crippen LogP contribution in [0.3, 0.4) is 0 Å². The number of amides is 1. The lowest BCUT2D eigenvalue weighted by molar-refractivity contribution is 0.0932. The van der Waals surface area contributed by atoms with Gasteiger partial charge in [-0.3, -0.25) is 4.79 Å². The molecule has 3 nitrogen and oxygen atoms in total. The van der Waals surface area contributed by atoms with Crippen molar-refractivity contribution in [1.82, 2.24) is 5.32 Å². The molecule has 162 valence electrons. The molecule has 0 spiro atoms. The first kappa shape index (κ1) is 23.0. The van der Waals surface area contributed by atoms with Crippen LogP contribution in [0, 0.1) is 12.8 Å². The second-order valence-electron chi connectivity index (χ2n) is 8.23. The molecule has 1 atom stereocenters. The number of thioether (sulfide) groups is 1. The van der Waals surface area contributed by atoms with Gasteiger partial charge in [0.15, 0.2) is 0 Å². The van der Waals surface area contributed by atoms with Crippen molar-refractivity contribution >= 4 is 17.7 Å². The van der Waals surface area contributed by atoms with Crippen LogP contribution in [-0.4, -0.2) is 13.0 Å². The van der Waals surface area contributed by atoms with Crippen LogP contribution in [-0.2, 0) is 5.75 Å². The predicted molar refractivity (Wildman–Crippen MR) is 130 cm³/mol. The summed E-state index contributed by atoms with van der Waals surface area (Å²) in [6.45, 7) is 6.44. The summed E-state index contributed by atoms with van der Waals surface area (Å²) in [4.78, 5) is 14.2. The summed E-state index contributed by atoms with van der Waals surface area (Å²) in [6.07, 6.45) is 0.878. The number of carbonyl (C=O) groups is 1. The van der Waals surface area contributed by atoms with Crippen molar-refractivity contribution < 1.29 is 9.53 Å². The largest absolute Gasteiger partial charge is 0.497 e. The number of benzene rings is 3. The van der Waals surface area contributed by atoms with E-state index in [2.05, 4.69) is 50.4 Å². The summed E-state index contributed by atoms with van der Waals surface area (Å²) in [6, 6.07) is 24.4. The number of methoxy groups -OCH3 is 1. The zero-order valence-corrected chi connectivity index (χ0v) is 19.5. The van der Waals surface area contributed by atoms with Gasteiger partial charge in [0.05, 0.1) is 13.2 Å². The summed E-state index contributed by atoms with van der Waals surface area (Å²) >= 11 is 1.80. The molecule has 0 unspecified atom stereocenters. The first-order valence-corrected chi connectivity index (χ1v) is 11.7. The first-order valence-electron chi connectivity index (χ1n) is 10.7. The Morgan fingerprint density at radius 1 is 0.935 bits per heavy atom. The van der Waals surface area contributed by atoms with Gasteiger partial charge >= 0.3 is 0 Å². The Hall–Kier alpha value is -2.72. The van der Waals surface area contributed by atoms with E-state index in [1.165, 1.54) is 16.0 Å². The van der Waals surface area contributed by atoms with E-state index in [1.807, 2.05) is 48.5 Å². The van der Waals surface area contributed by atoms with Gasteiger partial charge in [-0.15, -0.1) is 11.8 Å². The standard InChI is InChI=1S/C27H31NO2S/c1-19(2)17-26(22-11-13-24(30-4)14-12-22)28-27(29)23-9-7-21(8-10-23)18-31-25-15-5-20(3)6-16-25/h5-16,19,26H,17-18H2,1-4H3,(H,28,29)/t26-/m1/s1. The molecule has 0 aromatic heterocycles. The minimum atomic E-state index is -0.0424. The third kappa shape index (κ3) is 6.90. The van der Waals surface area contributed by atoms with Crippen LogP contribution in [0.25, 0.3) is 0 Å². The van der Waals surface area contributed by atoms with E-state index in [-0.39, 0.29) is 11.9 Å². The molecule has 3 rings (SSSR count). The summed E-state index contributed by atoms with van der Waals surface area (Å²) in [5, 5.41) is 3.22. The van der Waals surface area contributed by atoms with Crippen molar-refractivity contribution in [3.05, 3.63) is 95.1 Å². The Labute approximate surface area is 190 Å². The van der Waals surface area contributed by atoms with Gasteiger partial charge < -0.3 is 10.1 Å². The molecule has 0 aliphatic carbocycles. The lowest BCUT2D eigenvalue weighted by Crippen LogP contribution is -2.29.